The molecule has 0 aliphatic heterocycles. The van der Waals surface area contributed by atoms with Crippen molar-refractivity contribution in [3.8, 4) is 11.3 Å². The highest BCUT2D eigenvalue weighted by atomic mass is 19.1. The quantitative estimate of drug-likeness (QED) is 0.756. The standard InChI is InChI=1S/C19H19FN4/c1-3-14-8-16(10-21-9-14)18-11-23-19(12-22-18)24-13(2)15-4-6-17(20)7-5-15/h4-13H,3H2,1-2H3,(H,23,24). The highest BCUT2D eigenvalue weighted by molar-refractivity contribution is 5.58. The second-order valence-electron chi connectivity index (χ2n) is 5.64. The lowest BCUT2D eigenvalue weighted by Crippen LogP contribution is -2.08. The van der Waals surface area contributed by atoms with Crippen LogP contribution in [0.15, 0.2) is 55.1 Å². The first kappa shape index (κ1) is 16.1. The van der Waals surface area contributed by atoms with E-state index in [-0.39, 0.29) is 11.9 Å². The number of rotatable bonds is 5. The van der Waals surface area contributed by atoms with Crippen molar-refractivity contribution in [2.75, 3.05) is 5.32 Å². The number of hydrogen-bond donors (Lipinski definition) is 1. The van der Waals surface area contributed by atoms with Crippen LogP contribution in [0, 0.1) is 5.82 Å². The molecule has 0 amide bonds. The molecule has 0 bridgehead atoms. The Hall–Kier alpha value is -2.82. The maximum Gasteiger partial charge on any atom is 0.144 e. The van der Waals surface area contributed by atoms with Crippen LogP contribution >= 0.6 is 0 Å². The molecule has 0 fully saturated rings. The van der Waals surface area contributed by atoms with Crippen LogP contribution in [0.1, 0.15) is 31.0 Å². The van der Waals surface area contributed by atoms with Crippen molar-refractivity contribution < 1.29 is 4.39 Å². The van der Waals surface area contributed by atoms with Crippen LogP contribution in [-0.4, -0.2) is 15.0 Å². The van der Waals surface area contributed by atoms with Crippen LogP contribution in [0.2, 0.25) is 0 Å². The molecule has 122 valence electrons. The van der Waals surface area contributed by atoms with Gasteiger partial charge in [-0.1, -0.05) is 19.1 Å². The number of hydrogen-bond acceptors (Lipinski definition) is 4. The van der Waals surface area contributed by atoms with E-state index in [0.29, 0.717) is 5.82 Å². The van der Waals surface area contributed by atoms with E-state index < -0.39 is 0 Å². The maximum absolute atomic E-state index is 13.0. The first-order valence-corrected chi connectivity index (χ1v) is 7.94. The Morgan fingerprint density at radius 1 is 1.04 bits per heavy atom. The number of anilines is 1. The molecule has 0 spiro atoms. The molecule has 0 saturated carbocycles. The normalized spacial score (nSPS) is 12.0. The van der Waals surface area contributed by atoms with Gasteiger partial charge in [0.25, 0.3) is 0 Å². The summed E-state index contributed by atoms with van der Waals surface area (Å²) in [5.74, 6) is 0.438. The Bertz CT molecular complexity index is 800. The van der Waals surface area contributed by atoms with E-state index >= 15 is 0 Å². The summed E-state index contributed by atoms with van der Waals surface area (Å²) in [6.07, 6.45) is 8.02. The summed E-state index contributed by atoms with van der Waals surface area (Å²) in [4.78, 5) is 13.1. The minimum absolute atomic E-state index is 0.0100. The molecule has 1 aromatic carbocycles. The number of aromatic nitrogens is 3. The highest BCUT2D eigenvalue weighted by Crippen LogP contribution is 2.20. The summed E-state index contributed by atoms with van der Waals surface area (Å²) < 4.78 is 13.0. The molecule has 2 heterocycles. The number of pyridine rings is 1. The predicted octanol–water partition coefficient (Wildman–Crippen LogP) is 4.41. The number of benzene rings is 1. The number of aryl methyl sites for hydroxylation is 1. The van der Waals surface area contributed by atoms with E-state index in [9.17, 15) is 4.39 Å². The summed E-state index contributed by atoms with van der Waals surface area (Å²) >= 11 is 0. The second-order valence-corrected chi connectivity index (χ2v) is 5.64. The fourth-order valence-corrected chi connectivity index (χ4v) is 2.43. The van der Waals surface area contributed by atoms with Gasteiger partial charge in [-0.25, -0.2) is 9.37 Å². The zero-order chi connectivity index (χ0) is 16.9. The van der Waals surface area contributed by atoms with Crippen LogP contribution in [0.4, 0.5) is 10.2 Å². The first-order chi connectivity index (χ1) is 11.7. The lowest BCUT2D eigenvalue weighted by Gasteiger charge is -2.14. The molecule has 5 heteroatoms. The number of nitrogens with zero attached hydrogens (tertiary/aromatic N) is 3. The summed E-state index contributed by atoms with van der Waals surface area (Å²) in [5, 5.41) is 3.27. The van der Waals surface area contributed by atoms with Crippen molar-refractivity contribution in [3.63, 3.8) is 0 Å². The maximum atomic E-state index is 13.0. The molecule has 0 aliphatic carbocycles. The molecule has 1 atom stereocenters. The van der Waals surface area contributed by atoms with Gasteiger partial charge in [-0.3, -0.25) is 9.97 Å². The van der Waals surface area contributed by atoms with E-state index in [1.54, 1.807) is 30.7 Å². The van der Waals surface area contributed by atoms with Gasteiger partial charge in [-0.05, 0) is 42.7 Å². The Morgan fingerprint density at radius 2 is 1.83 bits per heavy atom. The molecular weight excluding hydrogens is 303 g/mol. The summed E-state index contributed by atoms with van der Waals surface area (Å²) in [7, 11) is 0. The molecule has 1 N–H and O–H groups in total. The molecule has 1 unspecified atom stereocenters. The third kappa shape index (κ3) is 3.74. The molecule has 3 rings (SSSR count). The molecule has 3 aromatic rings. The average Bonchev–Trinajstić information content (AvgIpc) is 2.63. The molecule has 4 nitrogen and oxygen atoms in total. The Morgan fingerprint density at radius 3 is 2.50 bits per heavy atom. The van der Waals surface area contributed by atoms with Crippen LogP contribution in [0.25, 0.3) is 11.3 Å². The van der Waals surface area contributed by atoms with Crippen molar-refractivity contribution in [1.82, 2.24) is 15.0 Å². The van der Waals surface area contributed by atoms with Gasteiger partial charge in [0.05, 0.1) is 18.1 Å². The third-order valence-corrected chi connectivity index (χ3v) is 3.89. The van der Waals surface area contributed by atoms with E-state index in [2.05, 4.69) is 33.3 Å². The largest absolute Gasteiger partial charge is 0.362 e. The molecule has 0 radical (unpaired) electrons. The zero-order valence-corrected chi connectivity index (χ0v) is 13.7. The molecule has 0 saturated heterocycles. The third-order valence-electron chi connectivity index (χ3n) is 3.89. The number of nitrogens with one attached hydrogen (secondary N) is 1. The molecule has 0 aliphatic rings. The minimum atomic E-state index is -0.238. The fraction of sp³-hybridized carbons (Fsp3) is 0.211. The van der Waals surface area contributed by atoms with E-state index in [4.69, 9.17) is 0 Å². The van der Waals surface area contributed by atoms with E-state index in [1.807, 2.05) is 13.1 Å². The molecule has 2 aromatic heterocycles. The monoisotopic (exact) mass is 322 g/mol. The molecule has 24 heavy (non-hydrogen) atoms. The SMILES string of the molecule is CCc1cncc(-c2cnc(NC(C)c3ccc(F)cc3)cn2)c1. The Labute approximate surface area is 140 Å². The van der Waals surface area contributed by atoms with Gasteiger partial charge in [0, 0.05) is 24.0 Å². The topological polar surface area (TPSA) is 50.7 Å². The Balaban J connectivity index is 1.73. The summed E-state index contributed by atoms with van der Waals surface area (Å²) in [6.45, 7) is 4.09. The van der Waals surface area contributed by atoms with Gasteiger partial charge in [0.1, 0.15) is 11.6 Å². The van der Waals surface area contributed by atoms with Crippen molar-refractivity contribution >= 4 is 5.82 Å². The van der Waals surface area contributed by atoms with Crippen LogP contribution < -0.4 is 5.32 Å². The van der Waals surface area contributed by atoms with Gasteiger partial charge >= 0.3 is 0 Å². The van der Waals surface area contributed by atoms with Crippen LogP contribution in [0.5, 0.6) is 0 Å². The summed E-state index contributed by atoms with van der Waals surface area (Å²) in [5.41, 5.74) is 3.90. The van der Waals surface area contributed by atoms with Crippen molar-refractivity contribution in [2.45, 2.75) is 26.3 Å². The second kappa shape index (κ2) is 7.17. The van der Waals surface area contributed by atoms with Crippen molar-refractivity contribution in [1.29, 1.82) is 0 Å². The molecular formula is C19H19FN4. The first-order valence-electron chi connectivity index (χ1n) is 7.94. The van der Waals surface area contributed by atoms with Gasteiger partial charge in [-0.2, -0.15) is 0 Å². The minimum Gasteiger partial charge on any atom is -0.362 e. The van der Waals surface area contributed by atoms with Gasteiger partial charge < -0.3 is 5.32 Å². The Kier molecular flexibility index (Phi) is 4.79. The van der Waals surface area contributed by atoms with Crippen LogP contribution in [0.3, 0.4) is 0 Å². The fourth-order valence-electron chi connectivity index (χ4n) is 2.43. The van der Waals surface area contributed by atoms with Gasteiger partial charge in [0.2, 0.25) is 0 Å². The van der Waals surface area contributed by atoms with Crippen molar-refractivity contribution in [3.05, 3.63) is 72.1 Å². The average molecular weight is 322 g/mol. The highest BCUT2D eigenvalue weighted by Gasteiger charge is 2.07. The lowest BCUT2D eigenvalue weighted by molar-refractivity contribution is 0.626. The van der Waals surface area contributed by atoms with E-state index in [0.717, 1.165) is 23.2 Å². The van der Waals surface area contributed by atoms with Gasteiger partial charge in [-0.15, -0.1) is 0 Å². The zero-order valence-electron chi connectivity index (χ0n) is 13.7. The summed E-state index contributed by atoms with van der Waals surface area (Å²) in [6, 6.07) is 8.51. The predicted molar refractivity (Wildman–Crippen MR) is 93.1 cm³/mol. The smallest absolute Gasteiger partial charge is 0.144 e. The van der Waals surface area contributed by atoms with E-state index in [1.165, 1.54) is 17.7 Å². The van der Waals surface area contributed by atoms with Crippen molar-refractivity contribution in [2.24, 2.45) is 0 Å². The van der Waals surface area contributed by atoms with Gasteiger partial charge in [0.15, 0.2) is 0 Å². The van der Waals surface area contributed by atoms with Crippen LogP contribution in [-0.2, 0) is 6.42 Å². The lowest BCUT2D eigenvalue weighted by atomic mass is 10.1. The number of halogens is 1.